The lowest BCUT2D eigenvalue weighted by Crippen LogP contribution is -2.38. The van der Waals surface area contributed by atoms with Crippen LogP contribution in [-0.4, -0.2) is 24.0 Å². The Balaban J connectivity index is 1.88. The Bertz CT molecular complexity index is 624. The average molecular weight is 320 g/mol. The summed E-state index contributed by atoms with van der Waals surface area (Å²) in [5.74, 6) is 0.472. The summed E-state index contributed by atoms with van der Waals surface area (Å²) in [5.41, 5.74) is 0.593. The van der Waals surface area contributed by atoms with Gasteiger partial charge in [-0.05, 0) is 19.9 Å². The highest BCUT2D eigenvalue weighted by molar-refractivity contribution is 7.11. The van der Waals surface area contributed by atoms with Crippen molar-refractivity contribution in [1.82, 2.24) is 15.6 Å². The van der Waals surface area contributed by atoms with Gasteiger partial charge < -0.3 is 10.6 Å². The van der Waals surface area contributed by atoms with Gasteiger partial charge in [0.05, 0.1) is 11.6 Å². The zero-order valence-electron chi connectivity index (χ0n) is 12.9. The van der Waals surface area contributed by atoms with Crippen LogP contribution in [0.15, 0.2) is 35.5 Å². The van der Waals surface area contributed by atoms with Gasteiger partial charge >= 0.3 is 0 Å². The van der Waals surface area contributed by atoms with Crippen molar-refractivity contribution in [3.63, 3.8) is 0 Å². The van der Waals surface area contributed by atoms with E-state index in [1.807, 2.05) is 19.2 Å². The maximum absolute atomic E-state index is 13.6. The number of aromatic nitrogens is 1. The molecular formula is C16H21FN4S. The van der Waals surface area contributed by atoms with Crippen LogP contribution in [0, 0.1) is 12.7 Å². The van der Waals surface area contributed by atoms with Gasteiger partial charge in [0.25, 0.3) is 0 Å². The van der Waals surface area contributed by atoms with Crippen LogP contribution in [0.5, 0.6) is 0 Å². The van der Waals surface area contributed by atoms with Crippen LogP contribution >= 0.6 is 11.3 Å². The van der Waals surface area contributed by atoms with Gasteiger partial charge in [0.1, 0.15) is 5.82 Å². The van der Waals surface area contributed by atoms with E-state index in [9.17, 15) is 4.39 Å². The molecule has 1 heterocycles. The first-order valence-corrected chi connectivity index (χ1v) is 8.17. The highest BCUT2D eigenvalue weighted by atomic mass is 32.1. The summed E-state index contributed by atoms with van der Waals surface area (Å²) >= 11 is 1.70. The molecule has 0 unspecified atom stereocenters. The molecular weight excluding hydrogens is 299 g/mol. The molecule has 4 nitrogen and oxygen atoms in total. The smallest absolute Gasteiger partial charge is 0.191 e. The normalized spacial score (nSPS) is 11.5. The molecule has 22 heavy (non-hydrogen) atoms. The van der Waals surface area contributed by atoms with Gasteiger partial charge in [0.15, 0.2) is 5.96 Å². The number of guanidine groups is 1. The molecule has 1 aromatic carbocycles. The number of hydrogen-bond acceptors (Lipinski definition) is 3. The average Bonchev–Trinajstić information content (AvgIpc) is 2.92. The van der Waals surface area contributed by atoms with E-state index in [1.54, 1.807) is 23.5 Å². The summed E-state index contributed by atoms with van der Waals surface area (Å²) in [6.07, 6.45) is 2.74. The Labute approximate surface area is 134 Å². The minimum atomic E-state index is -0.222. The number of nitrogens with zero attached hydrogens (tertiary/aromatic N) is 2. The predicted octanol–water partition coefficient (Wildman–Crippen LogP) is 2.89. The van der Waals surface area contributed by atoms with E-state index in [4.69, 9.17) is 0 Å². The largest absolute Gasteiger partial charge is 0.357 e. The van der Waals surface area contributed by atoms with Crippen molar-refractivity contribution < 1.29 is 4.39 Å². The van der Waals surface area contributed by atoms with Gasteiger partial charge in [0.2, 0.25) is 0 Å². The molecule has 118 valence electrons. The van der Waals surface area contributed by atoms with Gasteiger partial charge in [-0.15, -0.1) is 11.3 Å². The summed E-state index contributed by atoms with van der Waals surface area (Å²) < 4.78 is 13.6. The standard InChI is InChI=1S/C16H21FN4S/c1-3-18-16(19-9-8-15-20-10-12(2)22-15)21-11-13-6-4-5-7-14(13)17/h4-7,10H,3,8-9,11H2,1-2H3,(H2,18,19,21). The molecule has 0 radical (unpaired) electrons. The molecule has 0 bridgehead atoms. The highest BCUT2D eigenvalue weighted by Crippen LogP contribution is 2.11. The first-order valence-electron chi connectivity index (χ1n) is 7.36. The molecule has 0 aliphatic rings. The third-order valence-corrected chi connectivity index (χ3v) is 3.98. The second-order valence-electron chi connectivity index (χ2n) is 4.83. The topological polar surface area (TPSA) is 49.3 Å². The van der Waals surface area contributed by atoms with Gasteiger partial charge in [0, 0.05) is 36.1 Å². The molecule has 1 aromatic heterocycles. The molecule has 6 heteroatoms. The Hall–Kier alpha value is -1.95. The molecule has 0 spiro atoms. The molecule has 0 saturated heterocycles. The van der Waals surface area contributed by atoms with E-state index in [0.29, 0.717) is 18.1 Å². The monoisotopic (exact) mass is 320 g/mol. The van der Waals surface area contributed by atoms with Crippen LogP contribution in [0.4, 0.5) is 4.39 Å². The van der Waals surface area contributed by atoms with Crippen LogP contribution in [-0.2, 0) is 13.0 Å². The molecule has 0 saturated carbocycles. The fourth-order valence-electron chi connectivity index (χ4n) is 1.94. The summed E-state index contributed by atoms with van der Waals surface area (Å²) in [7, 11) is 0. The van der Waals surface area contributed by atoms with Crippen molar-refractivity contribution in [1.29, 1.82) is 0 Å². The van der Waals surface area contributed by atoms with Crippen LogP contribution in [0.25, 0.3) is 0 Å². The first kappa shape index (κ1) is 16.4. The molecule has 0 aliphatic carbocycles. The maximum atomic E-state index is 13.6. The van der Waals surface area contributed by atoms with Gasteiger partial charge in [-0.3, -0.25) is 0 Å². The third kappa shape index (κ3) is 5.11. The number of benzene rings is 1. The van der Waals surface area contributed by atoms with Gasteiger partial charge in [-0.2, -0.15) is 0 Å². The van der Waals surface area contributed by atoms with Crippen molar-refractivity contribution in [2.45, 2.75) is 26.8 Å². The van der Waals surface area contributed by atoms with E-state index in [1.165, 1.54) is 10.9 Å². The maximum Gasteiger partial charge on any atom is 0.191 e. The zero-order chi connectivity index (χ0) is 15.8. The third-order valence-electron chi connectivity index (χ3n) is 3.01. The van der Waals surface area contributed by atoms with E-state index < -0.39 is 0 Å². The number of rotatable bonds is 6. The quantitative estimate of drug-likeness (QED) is 0.635. The summed E-state index contributed by atoms with van der Waals surface area (Å²) in [6.45, 7) is 5.88. The number of halogens is 1. The fourth-order valence-corrected chi connectivity index (χ4v) is 2.72. The Morgan fingerprint density at radius 3 is 2.82 bits per heavy atom. The van der Waals surface area contributed by atoms with Crippen molar-refractivity contribution in [2.24, 2.45) is 4.99 Å². The minimum Gasteiger partial charge on any atom is -0.357 e. The zero-order valence-corrected chi connectivity index (χ0v) is 13.7. The molecule has 0 atom stereocenters. The highest BCUT2D eigenvalue weighted by Gasteiger charge is 2.03. The Morgan fingerprint density at radius 1 is 1.32 bits per heavy atom. The van der Waals surface area contributed by atoms with E-state index in [0.717, 1.165) is 24.5 Å². The number of thiazole rings is 1. The van der Waals surface area contributed by atoms with E-state index >= 15 is 0 Å². The lowest BCUT2D eigenvalue weighted by molar-refractivity contribution is 0.610. The minimum absolute atomic E-state index is 0.222. The summed E-state index contributed by atoms with van der Waals surface area (Å²) in [5, 5.41) is 7.52. The number of nitrogens with one attached hydrogen (secondary N) is 2. The Morgan fingerprint density at radius 2 is 2.14 bits per heavy atom. The number of hydrogen-bond donors (Lipinski definition) is 2. The second kappa shape index (κ2) is 8.48. The van der Waals surface area contributed by atoms with Gasteiger partial charge in [-0.25, -0.2) is 14.4 Å². The SMILES string of the molecule is CCNC(=NCc1ccccc1F)NCCc1ncc(C)s1. The fraction of sp³-hybridized carbons (Fsp3) is 0.375. The van der Waals surface area contributed by atoms with Crippen molar-refractivity contribution in [3.05, 3.63) is 51.7 Å². The predicted molar refractivity (Wildman–Crippen MR) is 89.8 cm³/mol. The van der Waals surface area contributed by atoms with E-state index in [-0.39, 0.29) is 5.82 Å². The molecule has 2 rings (SSSR count). The summed E-state index contributed by atoms with van der Waals surface area (Å²) in [4.78, 5) is 9.97. The van der Waals surface area contributed by atoms with Crippen LogP contribution in [0.3, 0.4) is 0 Å². The van der Waals surface area contributed by atoms with Crippen LogP contribution in [0.1, 0.15) is 22.4 Å². The lowest BCUT2D eigenvalue weighted by atomic mass is 10.2. The Kier molecular flexibility index (Phi) is 6.33. The van der Waals surface area contributed by atoms with E-state index in [2.05, 4.69) is 27.5 Å². The lowest BCUT2D eigenvalue weighted by Gasteiger charge is -2.10. The van der Waals surface area contributed by atoms with Crippen molar-refractivity contribution >= 4 is 17.3 Å². The van der Waals surface area contributed by atoms with Gasteiger partial charge in [-0.1, -0.05) is 18.2 Å². The molecule has 0 aliphatic heterocycles. The molecule has 2 N–H and O–H groups in total. The molecule has 0 fully saturated rings. The second-order valence-corrected chi connectivity index (χ2v) is 6.15. The number of aryl methyl sites for hydroxylation is 1. The molecule has 2 aromatic rings. The van der Waals surface area contributed by atoms with Crippen LogP contribution < -0.4 is 10.6 Å². The summed E-state index contributed by atoms with van der Waals surface area (Å²) in [6, 6.07) is 6.71. The number of aliphatic imine (C=N–C) groups is 1. The van der Waals surface area contributed by atoms with Crippen molar-refractivity contribution in [2.75, 3.05) is 13.1 Å². The van der Waals surface area contributed by atoms with Crippen LogP contribution in [0.2, 0.25) is 0 Å². The molecule has 0 amide bonds. The first-order chi connectivity index (χ1) is 10.7. The van der Waals surface area contributed by atoms with Crippen molar-refractivity contribution in [3.8, 4) is 0 Å².